The lowest BCUT2D eigenvalue weighted by molar-refractivity contribution is -0.145. The molecular weight excluding hydrogens is 316 g/mol. The third-order valence-electron chi connectivity index (χ3n) is 5.86. The minimum atomic E-state index is -0.430. The van der Waals surface area contributed by atoms with Gasteiger partial charge in [-0.25, -0.2) is 0 Å². The molecule has 4 atom stereocenters. The molecule has 1 saturated carbocycles. The summed E-state index contributed by atoms with van der Waals surface area (Å²) in [5.74, 6) is -0.346. The standard InChI is InChI=1S/C20H30N2O3/c1-15-8-9-21(18-12-17(13-19(18)23)20(24)25-2)10-11-22(15)14-16-6-4-3-5-7-16/h3-7,15,17-19,23H,8-14H2,1-2H3/t15-,17+,18+,19+/m1/s1. The first-order valence-electron chi connectivity index (χ1n) is 9.36. The van der Waals surface area contributed by atoms with Gasteiger partial charge in [0.15, 0.2) is 0 Å². The lowest BCUT2D eigenvalue weighted by Gasteiger charge is -2.30. The largest absolute Gasteiger partial charge is 0.469 e. The van der Waals surface area contributed by atoms with Crippen LogP contribution in [0, 0.1) is 5.92 Å². The van der Waals surface area contributed by atoms with Crippen LogP contribution in [0.3, 0.4) is 0 Å². The number of carbonyl (C=O) groups is 1. The molecule has 0 radical (unpaired) electrons. The van der Waals surface area contributed by atoms with Crippen LogP contribution in [0.2, 0.25) is 0 Å². The molecule has 5 nitrogen and oxygen atoms in total. The van der Waals surface area contributed by atoms with E-state index in [2.05, 4.69) is 47.1 Å². The Bertz CT molecular complexity index is 565. The lowest BCUT2D eigenvalue weighted by atomic mass is 10.1. The number of benzene rings is 1. The molecule has 138 valence electrons. The zero-order valence-corrected chi connectivity index (χ0v) is 15.3. The molecule has 1 aromatic rings. The highest BCUT2D eigenvalue weighted by molar-refractivity contribution is 5.72. The molecule has 0 unspecified atom stereocenters. The van der Waals surface area contributed by atoms with Gasteiger partial charge in [0.05, 0.1) is 19.1 Å². The summed E-state index contributed by atoms with van der Waals surface area (Å²) in [6.07, 6.45) is 1.89. The van der Waals surface area contributed by atoms with E-state index in [0.29, 0.717) is 18.9 Å². The first-order valence-corrected chi connectivity index (χ1v) is 9.36. The van der Waals surface area contributed by atoms with Crippen molar-refractivity contribution in [2.75, 3.05) is 26.7 Å². The van der Waals surface area contributed by atoms with Crippen LogP contribution in [0.4, 0.5) is 0 Å². The Morgan fingerprint density at radius 3 is 2.68 bits per heavy atom. The first-order chi connectivity index (χ1) is 12.1. The van der Waals surface area contributed by atoms with E-state index >= 15 is 0 Å². The maximum Gasteiger partial charge on any atom is 0.308 e. The molecular formula is C20H30N2O3. The van der Waals surface area contributed by atoms with Gasteiger partial charge in [-0.3, -0.25) is 14.6 Å². The number of aliphatic hydroxyl groups is 1. The van der Waals surface area contributed by atoms with Gasteiger partial charge in [-0.1, -0.05) is 30.3 Å². The molecule has 1 aliphatic heterocycles. The van der Waals surface area contributed by atoms with Crippen molar-refractivity contribution in [1.29, 1.82) is 0 Å². The second-order valence-corrected chi connectivity index (χ2v) is 7.46. The van der Waals surface area contributed by atoms with Crippen molar-refractivity contribution in [3.63, 3.8) is 0 Å². The fourth-order valence-corrected chi connectivity index (χ4v) is 4.25. The van der Waals surface area contributed by atoms with E-state index in [1.165, 1.54) is 12.7 Å². The molecule has 2 fully saturated rings. The van der Waals surface area contributed by atoms with Crippen LogP contribution in [0.5, 0.6) is 0 Å². The number of esters is 1. The number of ether oxygens (including phenoxy) is 1. The average Bonchev–Trinajstić information content (AvgIpc) is 2.93. The zero-order valence-electron chi connectivity index (χ0n) is 15.3. The number of hydrogen-bond acceptors (Lipinski definition) is 5. The van der Waals surface area contributed by atoms with E-state index in [9.17, 15) is 9.90 Å². The van der Waals surface area contributed by atoms with Crippen molar-refractivity contribution in [1.82, 2.24) is 9.80 Å². The van der Waals surface area contributed by atoms with E-state index < -0.39 is 6.10 Å². The molecule has 5 heteroatoms. The molecule has 0 bridgehead atoms. The number of methoxy groups -OCH3 is 1. The highest BCUT2D eigenvalue weighted by atomic mass is 16.5. The van der Waals surface area contributed by atoms with Crippen LogP contribution in [0.15, 0.2) is 30.3 Å². The number of carbonyl (C=O) groups excluding carboxylic acids is 1. The van der Waals surface area contributed by atoms with Crippen molar-refractivity contribution >= 4 is 5.97 Å². The molecule has 0 amide bonds. The topological polar surface area (TPSA) is 53.0 Å². The highest BCUT2D eigenvalue weighted by Gasteiger charge is 2.41. The smallest absolute Gasteiger partial charge is 0.308 e. The molecule has 1 N–H and O–H groups in total. The molecule has 1 saturated heterocycles. The van der Waals surface area contributed by atoms with Gasteiger partial charge < -0.3 is 9.84 Å². The Morgan fingerprint density at radius 2 is 1.96 bits per heavy atom. The van der Waals surface area contributed by atoms with Gasteiger partial charge in [0.25, 0.3) is 0 Å². The Morgan fingerprint density at radius 1 is 1.20 bits per heavy atom. The molecule has 0 aromatic heterocycles. The molecule has 1 heterocycles. The Balaban J connectivity index is 1.60. The van der Waals surface area contributed by atoms with Gasteiger partial charge in [-0.15, -0.1) is 0 Å². The Labute approximate surface area is 150 Å². The summed E-state index contributed by atoms with van der Waals surface area (Å²) in [6.45, 7) is 6.15. The molecule has 3 rings (SSSR count). The predicted molar refractivity (Wildman–Crippen MR) is 97.0 cm³/mol. The van der Waals surface area contributed by atoms with Crippen LogP contribution < -0.4 is 0 Å². The van der Waals surface area contributed by atoms with Gasteiger partial charge in [0.1, 0.15) is 0 Å². The number of hydrogen-bond donors (Lipinski definition) is 1. The van der Waals surface area contributed by atoms with Gasteiger partial charge in [0, 0.05) is 38.3 Å². The molecule has 25 heavy (non-hydrogen) atoms. The van der Waals surface area contributed by atoms with Crippen LogP contribution in [0.1, 0.15) is 31.7 Å². The number of nitrogens with zero attached hydrogens (tertiary/aromatic N) is 2. The van der Waals surface area contributed by atoms with E-state index in [4.69, 9.17) is 4.74 Å². The summed E-state index contributed by atoms with van der Waals surface area (Å²) in [5, 5.41) is 10.5. The third kappa shape index (κ3) is 4.40. The summed E-state index contributed by atoms with van der Waals surface area (Å²) in [5.41, 5.74) is 1.34. The molecule has 0 spiro atoms. The van der Waals surface area contributed by atoms with E-state index in [1.807, 2.05) is 0 Å². The zero-order chi connectivity index (χ0) is 17.8. The summed E-state index contributed by atoms with van der Waals surface area (Å²) >= 11 is 0. The predicted octanol–water partition coefficient (Wildman–Crippen LogP) is 1.90. The second kappa shape index (κ2) is 8.30. The van der Waals surface area contributed by atoms with E-state index in [0.717, 1.165) is 32.6 Å². The molecule has 1 aromatic carbocycles. The summed E-state index contributed by atoms with van der Waals surface area (Å²) in [4.78, 5) is 16.7. The number of aliphatic hydroxyl groups excluding tert-OH is 1. The minimum absolute atomic E-state index is 0.0768. The average molecular weight is 346 g/mol. The lowest BCUT2D eigenvalue weighted by Crippen LogP contribution is -2.42. The van der Waals surface area contributed by atoms with Crippen molar-refractivity contribution in [2.45, 2.75) is 50.9 Å². The third-order valence-corrected chi connectivity index (χ3v) is 5.86. The normalized spacial score (nSPS) is 31.6. The van der Waals surface area contributed by atoms with Crippen LogP contribution in [-0.4, -0.2) is 65.8 Å². The fourth-order valence-electron chi connectivity index (χ4n) is 4.25. The fraction of sp³-hybridized carbons (Fsp3) is 0.650. The summed E-state index contributed by atoms with van der Waals surface area (Å²) in [6, 6.07) is 11.2. The van der Waals surface area contributed by atoms with Crippen LogP contribution in [0.25, 0.3) is 0 Å². The summed E-state index contributed by atoms with van der Waals surface area (Å²) in [7, 11) is 1.43. The van der Waals surface area contributed by atoms with Crippen molar-refractivity contribution < 1.29 is 14.6 Å². The SMILES string of the molecule is COC(=O)[C@@H]1C[C@H](O)[C@@H](N2CC[C@@H](C)N(Cc3ccccc3)CC2)C1. The van der Waals surface area contributed by atoms with E-state index in [-0.39, 0.29) is 17.9 Å². The summed E-state index contributed by atoms with van der Waals surface area (Å²) < 4.78 is 4.87. The first kappa shape index (κ1) is 18.4. The van der Waals surface area contributed by atoms with Gasteiger partial charge in [-0.2, -0.15) is 0 Å². The Kier molecular flexibility index (Phi) is 6.10. The molecule has 1 aliphatic carbocycles. The quantitative estimate of drug-likeness (QED) is 0.844. The maximum atomic E-state index is 11.8. The van der Waals surface area contributed by atoms with Crippen LogP contribution in [-0.2, 0) is 16.1 Å². The monoisotopic (exact) mass is 346 g/mol. The van der Waals surface area contributed by atoms with Gasteiger partial charge in [0.2, 0.25) is 0 Å². The Hall–Kier alpha value is -1.43. The van der Waals surface area contributed by atoms with Gasteiger partial charge >= 0.3 is 5.97 Å². The highest BCUT2D eigenvalue weighted by Crippen LogP contribution is 2.31. The maximum absolute atomic E-state index is 11.8. The van der Waals surface area contributed by atoms with Crippen LogP contribution >= 0.6 is 0 Å². The van der Waals surface area contributed by atoms with Crippen molar-refractivity contribution in [2.24, 2.45) is 5.92 Å². The van der Waals surface area contributed by atoms with E-state index in [1.54, 1.807) is 0 Å². The van der Waals surface area contributed by atoms with Crippen molar-refractivity contribution in [3.05, 3.63) is 35.9 Å². The van der Waals surface area contributed by atoms with Crippen molar-refractivity contribution in [3.8, 4) is 0 Å². The second-order valence-electron chi connectivity index (χ2n) is 7.46. The minimum Gasteiger partial charge on any atom is -0.469 e. The molecule has 2 aliphatic rings. The number of rotatable bonds is 4. The van der Waals surface area contributed by atoms with Gasteiger partial charge in [-0.05, 0) is 31.7 Å².